The highest BCUT2D eigenvalue weighted by Gasteiger charge is 2.16. The molecule has 1 aromatic carbocycles. The van der Waals surface area contributed by atoms with E-state index >= 15 is 0 Å². The lowest BCUT2D eigenvalue weighted by molar-refractivity contribution is 0.323. The molecule has 1 aliphatic rings. The normalized spacial score (nSPS) is 16.2. The van der Waals surface area contributed by atoms with Crippen molar-refractivity contribution in [2.75, 3.05) is 31.1 Å². The minimum Gasteiger partial charge on any atom is -0.372 e. The molecule has 0 unspecified atom stereocenters. The van der Waals surface area contributed by atoms with E-state index in [0.717, 1.165) is 42.5 Å². The first-order valence-corrected chi connectivity index (χ1v) is 6.37. The molecule has 0 radical (unpaired) electrons. The third-order valence-electron chi connectivity index (χ3n) is 3.33. The zero-order valence-corrected chi connectivity index (χ0v) is 11.3. The summed E-state index contributed by atoms with van der Waals surface area (Å²) in [7, 11) is 0. The lowest BCUT2D eigenvalue weighted by Gasteiger charge is -2.37. The van der Waals surface area contributed by atoms with Crippen molar-refractivity contribution in [1.82, 2.24) is 4.90 Å². The van der Waals surface area contributed by atoms with Crippen molar-refractivity contribution in [3.63, 3.8) is 0 Å². The number of piperazine rings is 1. The van der Waals surface area contributed by atoms with Crippen molar-refractivity contribution in [3.8, 4) is 0 Å². The number of hydrogen-bond donors (Lipinski definition) is 0. The number of allylic oxidation sites excluding steroid dienone is 1. The molecule has 92 valence electrons. The van der Waals surface area contributed by atoms with Crippen LogP contribution in [0.1, 0.15) is 12.5 Å². The van der Waals surface area contributed by atoms with E-state index in [9.17, 15) is 0 Å². The quantitative estimate of drug-likeness (QED) is 0.795. The van der Waals surface area contributed by atoms with Crippen molar-refractivity contribution < 1.29 is 0 Å². The summed E-state index contributed by atoms with van der Waals surface area (Å²) in [5, 5.41) is 0.842. The van der Waals surface area contributed by atoms with E-state index in [1.165, 1.54) is 5.69 Å². The smallest absolute Gasteiger partial charge is 0.0436 e. The van der Waals surface area contributed by atoms with Crippen LogP contribution >= 0.6 is 11.6 Å². The van der Waals surface area contributed by atoms with Gasteiger partial charge < -0.3 is 9.80 Å². The molecule has 0 aliphatic carbocycles. The number of benzene rings is 1. The summed E-state index contributed by atoms with van der Waals surface area (Å²) >= 11 is 6.05. The molecule has 1 aromatic rings. The average molecular weight is 251 g/mol. The second-order valence-corrected chi connectivity index (χ2v) is 5.05. The molecule has 1 heterocycles. The molecule has 0 amide bonds. The van der Waals surface area contributed by atoms with E-state index in [2.05, 4.69) is 42.4 Å². The van der Waals surface area contributed by atoms with Crippen LogP contribution in [0.5, 0.6) is 0 Å². The van der Waals surface area contributed by atoms with Crippen molar-refractivity contribution in [2.45, 2.75) is 13.8 Å². The fourth-order valence-electron chi connectivity index (χ4n) is 2.17. The van der Waals surface area contributed by atoms with Crippen molar-refractivity contribution in [1.29, 1.82) is 0 Å². The zero-order chi connectivity index (χ0) is 12.4. The molecule has 2 nitrogen and oxygen atoms in total. The number of halogens is 1. The molecule has 1 saturated heterocycles. The van der Waals surface area contributed by atoms with Gasteiger partial charge in [-0.05, 0) is 37.6 Å². The molecule has 0 atom stereocenters. The summed E-state index contributed by atoms with van der Waals surface area (Å²) < 4.78 is 0. The minimum atomic E-state index is 0.842. The molecule has 17 heavy (non-hydrogen) atoms. The van der Waals surface area contributed by atoms with Crippen LogP contribution in [0.3, 0.4) is 0 Å². The Kier molecular flexibility index (Phi) is 3.63. The van der Waals surface area contributed by atoms with E-state index in [-0.39, 0.29) is 0 Å². The fraction of sp³-hybridized carbons (Fsp3) is 0.429. The maximum Gasteiger partial charge on any atom is 0.0436 e. The maximum absolute atomic E-state index is 6.05. The summed E-state index contributed by atoms with van der Waals surface area (Å²) in [6.07, 6.45) is 0. The second kappa shape index (κ2) is 5.01. The molecule has 1 fully saturated rings. The molecule has 1 aliphatic heterocycles. The van der Waals surface area contributed by atoms with Crippen LogP contribution in [0.2, 0.25) is 5.02 Å². The van der Waals surface area contributed by atoms with Gasteiger partial charge in [-0.3, -0.25) is 0 Å². The fourth-order valence-corrected chi connectivity index (χ4v) is 2.29. The van der Waals surface area contributed by atoms with Crippen LogP contribution in [0.25, 0.3) is 0 Å². The van der Waals surface area contributed by atoms with E-state index in [1.807, 2.05) is 6.07 Å². The van der Waals surface area contributed by atoms with Crippen LogP contribution in [-0.2, 0) is 0 Å². The largest absolute Gasteiger partial charge is 0.372 e. The summed E-state index contributed by atoms with van der Waals surface area (Å²) in [6, 6.07) is 6.25. The first-order chi connectivity index (χ1) is 8.08. The SMILES string of the molecule is C=C(C)N1CCN(c2ccc(Cl)c(C)c2)CC1. The molecule has 0 saturated carbocycles. The van der Waals surface area contributed by atoms with E-state index in [1.54, 1.807) is 0 Å². The molecule has 0 bridgehead atoms. The topological polar surface area (TPSA) is 6.48 Å². The first-order valence-electron chi connectivity index (χ1n) is 5.99. The van der Waals surface area contributed by atoms with Gasteiger partial charge in [-0.1, -0.05) is 18.2 Å². The van der Waals surface area contributed by atoms with Crippen LogP contribution in [0, 0.1) is 6.92 Å². The van der Waals surface area contributed by atoms with Gasteiger partial charge >= 0.3 is 0 Å². The van der Waals surface area contributed by atoms with Gasteiger partial charge in [0.25, 0.3) is 0 Å². The molecule has 3 heteroatoms. The van der Waals surface area contributed by atoms with Gasteiger partial charge in [0.2, 0.25) is 0 Å². The Labute approximate surface area is 108 Å². The van der Waals surface area contributed by atoms with Gasteiger partial charge in [0.15, 0.2) is 0 Å². The Morgan fingerprint density at radius 3 is 2.41 bits per heavy atom. The third kappa shape index (κ3) is 2.75. The van der Waals surface area contributed by atoms with Crippen LogP contribution in [0.4, 0.5) is 5.69 Å². The highest BCUT2D eigenvalue weighted by Crippen LogP contribution is 2.23. The number of anilines is 1. The predicted octanol–water partition coefficient (Wildman–Crippen LogP) is 3.30. The monoisotopic (exact) mass is 250 g/mol. The van der Waals surface area contributed by atoms with Crippen molar-refractivity contribution in [3.05, 3.63) is 41.1 Å². The third-order valence-corrected chi connectivity index (χ3v) is 3.75. The first kappa shape index (κ1) is 12.3. The van der Waals surface area contributed by atoms with Gasteiger partial charge in [-0.2, -0.15) is 0 Å². The summed E-state index contributed by atoms with van der Waals surface area (Å²) in [5.41, 5.74) is 3.58. The number of nitrogens with zero attached hydrogens (tertiary/aromatic N) is 2. The van der Waals surface area contributed by atoms with Crippen LogP contribution < -0.4 is 4.90 Å². The number of rotatable bonds is 2. The summed E-state index contributed by atoms with van der Waals surface area (Å²) in [4.78, 5) is 4.74. The minimum absolute atomic E-state index is 0.842. The molecular formula is C14H19ClN2. The highest BCUT2D eigenvalue weighted by molar-refractivity contribution is 6.31. The molecule has 0 aromatic heterocycles. The lowest BCUT2D eigenvalue weighted by atomic mass is 10.2. The molecular weight excluding hydrogens is 232 g/mol. The van der Waals surface area contributed by atoms with Crippen molar-refractivity contribution >= 4 is 17.3 Å². The Balaban J connectivity index is 2.05. The lowest BCUT2D eigenvalue weighted by Crippen LogP contribution is -2.45. The standard InChI is InChI=1S/C14H19ClN2/c1-11(2)16-6-8-17(9-7-16)13-4-5-14(15)12(3)10-13/h4-5,10H,1,6-9H2,2-3H3. The predicted molar refractivity (Wildman–Crippen MR) is 74.8 cm³/mol. The van der Waals surface area contributed by atoms with Gasteiger partial charge in [-0.15, -0.1) is 0 Å². The van der Waals surface area contributed by atoms with E-state index in [4.69, 9.17) is 11.6 Å². The Bertz CT molecular complexity index is 420. The number of hydrogen-bond acceptors (Lipinski definition) is 2. The summed E-state index contributed by atoms with van der Waals surface area (Å²) in [5.74, 6) is 0. The Morgan fingerprint density at radius 2 is 1.88 bits per heavy atom. The van der Waals surface area contributed by atoms with Gasteiger partial charge in [0.1, 0.15) is 0 Å². The number of aryl methyl sites for hydroxylation is 1. The summed E-state index contributed by atoms with van der Waals surface area (Å²) in [6.45, 7) is 12.3. The van der Waals surface area contributed by atoms with Crippen molar-refractivity contribution in [2.24, 2.45) is 0 Å². The van der Waals surface area contributed by atoms with E-state index < -0.39 is 0 Å². The van der Waals surface area contributed by atoms with Crippen LogP contribution in [-0.4, -0.2) is 31.1 Å². The van der Waals surface area contributed by atoms with Crippen LogP contribution in [0.15, 0.2) is 30.5 Å². The van der Waals surface area contributed by atoms with E-state index in [0.29, 0.717) is 0 Å². The molecule has 0 spiro atoms. The molecule has 0 N–H and O–H groups in total. The van der Waals surface area contributed by atoms with Gasteiger partial charge in [0.05, 0.1) is 0 Å². The Morgan fingerprint density at radius 1 is 1.24 bits per heavy atom. The molecule has 2 rings (SSSR count). The zero-order valence-electron chi connectivity index (χ0n) is 10.5. The Hall–Kier alpha value is -1.15. The second-order valence-electron chi connectivity index (χ2n) is 4.64. The average Bonchev–Trinajstić information content (AvgIpc) is 2.33. The van der Waals surface area contributed by atoms with Gasteiger partial charge in [0, 0.05) is 42.6 Å². The highest BCUT2D eigenvalue weighted by atomic mass is 35.5. The van der Waals surface area contributed by atoms with Gasteiger partial charge in [-0.25, -0.2) is 0 Å². The maximum atomic E-state index is 6.05.